The molecule has 0 aliphatic carbocycles. The molecule has 1 aromatic carbocycles. The van der Waals surface area contributed by atoms with E-state index in [0.29, 0.717) is 6.54 Å². The Balaban J connectivity index is 2.05. The van der Waals surface area contributed by atoms with E-state index in [-0.39, 0.29) is 0 Å². The summed E-state index contributed by atoms with van der Waals surface area (Å²) in [4.78, 5) is 4.21. The first kappa shape index (κ1) is 9.93. The molecule has 0 aliphatic rings. The van der Waals surface area contributed by atoms with Crippen molar-refractivity contribution in [2.24, 2.45) is 5.73 Å². The molecular formula is C12H14N2O. The first-order valence-corrected chi connectivity index (χ1v) is 5.06. The average molecular weight is 202 g/mol. The van der Waals surface area contributed by atoms with E-state index in [1.54, 1.807) is 6.20 Å². The first-order valence-electron chi connectivity index (χ1n) is 5.06. The summed E-state index contributed by atoms with van der Waals surface area (Å²) in [5.74, 6) is 1.62. The van der Waals surface area contributed by atoms with Gasteiger partial charge < -0.3 is 10.2 Å². The van der Waals surface area contributed by atoms with E-state index in [0.717, 1.165) is 24.5 Å². The van der Waals surface area contributed by atoms with Gasteiger partial charge in [-0.25, -0.2) is 4.98 Å². The van der Waals surface area contributed by atoms with E-state index in [1.165, 1.54) is 5.56 Å². The van der Waals surface area contributed by atoms with Gasteiger partial charge in [0.05, 0.1) is 6.20 Å². The fraction of sp³-hybridized carbons (Fsp3) is 0.250. The molecule has 1 aromatic heterocycles. The van der Waals surface area contributed by atoms with Crippen molar-refractivity contribution >= 4 is 0 Å². The predicted octanol–water partition coefficient (Wildman–Crippen LogP) is 1.77. The van der Waals surface area contributed by atoms with Crippen LogP contribution in [-0.4, -0.2) is 11.5 Å². The van der Waals surface area contributed by atoms with Gasteiger partial charge >= 0.3 is 0 Å². The number of nitrogens with two attached hydrogens (primary N) is 1. The molecule has 0 atom stereocenters. The third-order valence-corrected chi connectivity index (χ3v) is 2.19. The van der Waals surface area contributed by atoms with Crippen molar-refractivity contribution in [3.63, 3.8) is 0 Å². The molecular weight excluding hydrogens is 188 g/mol. The summed E-state index contributed by atoms with van der Waals surface area (Å²) in [6.07, 6.45) is 3.25. The lowest BCUT2D eigenvalue weighted by atomic mass is 10.2. The summed E-state index contributed by atoms with van der Waals surface area (Å²) in [5.41, 5.74) is 6.64. The van der Waals surface area contributed by atoms with Crippen LogP contribution in [0, 0.1) is 0 Å². The summed E-state index contributed by atoms with van der Waals surface area (Å²) < 4.78 is 5.54. The highest BCUT2D eigenvalue weighted by Crippen LogP contribution is 2.10. The smallest absolute Gasteiger partial charge is 0.198 e. The number of hydrogen-bond donors (Lipinski definition) is 1. The lowest BCUT2D eigenvalue weighted by Gasteiger charge is -1.95. The molecule has 0 saturated heterocycles. The number of benzene rings is 1. The monoisotopic (exact) mass is 202 g/mol. The van der Waals surface area contributed by atoms with Gasteiger partial charge in [0.2, 0.25) is 0 Å². The third-order valence-electron chi connectivity index (χ3n) is 2.19. The van der Waals surface area contributed by atoms with E-state index in [2.05, 4.69) is 17.1 Å². The molecule has 0 radical (unpaired) electrons. The molecule has 78 valence electrons. The normalized spacial score (nSPS) is 10.5. The Morgan fingerprint density at radius 1 is 1.20 bits per heavy atom. The lowest BCUT2D eigenvalue weighted by Crippen LogP contribution is -2.01. The van der Waals surface area contributed by atoms with Crippen LogP contribution in [0.3, 0.4) is 0 Å². The van der Waals surface area contributed by atoms with Crippen LogP contribution in [0.25, 0.3) is 0 Å². The molecule has 0 bridgehead atoms. The molecule has 3 nitrogen and oxygen atoms in total. The zero-order chi connectivity index (χ0) is 10.5. The number of aromatic nitrogens is 1. The lowest BCUT2D eigenvalue weighted by molar-refractivity contribution is 0.464. The van der Waals surface area contributed by atoms with Crippen LogP contribution < -0.4 is 5.73 Å². The minimum Gasteiger partial charge on any atom is -0.445 e. The van der Waals surface area contributed by atoms with Crippen LogP contribution in [0.15, 0.2) is 40.9 Å². The van der Waals surface area contributed by atoms with Gasteiger partial charge in [0.1, 0.15) is 5.76 Å². The topological polar surface area (TPSA) is 52.0 Å². The molecule has 0 aliphatic heterocycles. The maximum Gasteiger partial charge on any atom is 0.198 e. The predicted molar refractivity (Wildman–Crippen MR) is 58.5 cm³/mol. The fourth-order valence-electron chi connectivity index (χ4n) is 1.46. The van der Waals surface area contributed by atoms with Crippen LogP contribution in [0.5, 0.6) is 0 Å². The molecule has 0 saturated carbocycles. The van der Waals surface area contributed by atoms with Gasteiger partial charge in [-0.15, -0.1) is 0 Å². The fourth-order valence-corrected chi connectivity index (χ4v) is 1.46. The quantitative estimate of drug-likeness (QED) is 0.822. The zero-order valence-corrected chi connectivity index (χ0v) is 8.52. The second-order valence-corrected chi connectivity index (χ2v) is 3.42. The van der Waals surface area contributed by atoms with Crippen LogP contribution in [0.4, 0.5) is 0 Å². The van der Waals surface area contributed by atoms with Crippen molar-refractivity contribution in [2.75, 3.05) is 6.54 Å². The number of rotatable bonds is 4. The molecule has 2 N–H and O–H groups in total. The van der Waals surface area contributed by atoms with Crippen LogP contribution >= 0.6 is 0 Å². The standard InChI is InChI=1S/C12H14N2O/c13-7-6-11-9-14-12(15-11)8-10-4-2-1-3-5-10/h1-5,9H,6-8,13H2. The van der Waals surface area contributed by atoms with Crippen molar-refractivity contribution in [3.8, 4) is 0 Å². The highest BCUT2D eigenvalue weighted by molar-refractivity contribution is 5.18. The Labute approximate surface area is 88.9 Å². The van der Waals surface area contributed by atoms with Gasteiger partial charge in [-0.05, 0) is 12.1 Å². The SMILES string of the molecule is NCCc1cnc(Cc2ccccc2)o1. The molecule has 2 aromatic rings. The number of nitrogens with zero attached hydrogens (tertiary/aromatic N) is 1. The maximum absolute atomic E-state index is 5.54. The van der Waals surface area contributed by atoms with Crippen molar-refractivity contribution in [3.05, 3.63) is 53.7 Å². The van der Waals surface area contributed by atoms with E-state index < -0.39 is 0 Å². The summed E-state index contributed by atoms with van der Waals surface area (Å²) in [6, 6.07) is 10.1. The van der Waals surface area contributed by atoms with E-state index in [9.17, 15) is 0 Å². The summed E-state index contributed by atoms with van der Waals surface area (Å²) in [5, 5.41) is 0. The Morgan fingerprint density at radius 3 is 2.73 bits per heavy atom. The number of hydrogen-bond acceptors (Lipinski definition) is 3. The van der Waals surface area contributed by atoms with Gasteiger partial charge in [0.25, 0.3) is 0 Å². The number of oxazole rings is 1. The van der Waals surface area contributed by atoms with Crippen molar-refractivity contribution < 1.29 is 4.42 Å². The Bertz CT molecular complexity index is 409. The second-order valence-electron chi connectivity index (χ2n) is 3.42. The second kappa shape index (κ2) is 4.75. The molecule has 0 spiro atoms. The molecule has 0 unspecified atom stereocenters. The van der Waals surface area contributed by atoms with Gasteiger partial charge in [0, 0.05) is 12.8 Å². The highest BCUT2D eigenvalue weighted by Gasteiger charge is 2.03. The van der Waals surface area contributed by atoms with Crippen molar-refractivity contribution in [1.29, 1.82) is 0 Å². The highest BCUT2D eigenvalue weighted by atomic mass is 16.4. The van der Waals surface area contributed by atoms with Crippen LogP contribution in [-0.2, 0) is 12.8 Å². The van der Waals surface area contributed by atoms with E-state index >= 15 is 0 Å². The van der Waals surface area contributed by atoms with Gasteiger partial charge in [0.15, 0.2) is 5.89 Å². The Hall–Kier alpha value is -1.61. The first-order chi connectivity index (χ1) is 7.38. The molecule has 2 rings (SSSR count). The minimum atomic E-state index is 0.597. The van der Waals surface area contributed by atoms with Crippen LogP contribution in [0.2, 0.25) is 0 Å². The van der Waals surface area contributed by atoms with Crippen molar-refractivity contribution in [2.45, 2.75) is 12.8 Å². The van der Waals surface area contributed by atoms with Gasteiger partial charge in [-0.1, -0.05) is 30.3 Å². The summed E-state index contributed by atoms with van der Waals surface area (Å²) in [7, 11) is 0. The van der Waals surface area contributed by atoms with Gasteiger partial charge in [-0.2, -0.15) is 0 Å². The Kier molecular flexibility index (Phi) is 3.15. The molecule has 15 heavy (non-hydrogen) atoms. The Morgan fingerprint density at radius 2 is 2.00 bits per heavy atom. The minimum absolute atomic E-state index is 0.597. The molecule has 0 fully saturated rings. The molecule has 0 amide bonds. The summed E-state index contributed by atoms with van der Waals surface area (Å²) >= 11 is 0. The van der Waals surface area contributed by atoms with Crippen molar-refractivity contribution in [1.82, 2.24) is 4.98 Å². The largest absolute Gasteiger partial charge is 0.445 e. The summed E-state index contributed by atoms with van der Waals surface area (Å²) in [6.45, 7) is 0.597. The van der Waals surface area contributed by atoms with Crippen LogP contribution in [0.1, 0.15) is 17.2 Å². The van der Waals surface area contributed by atoms with Gasteiger partial charge in [-0.3, -0.25) is 0 Å². The average Bonchev–Trinajstić information content (AvgIpc) is 2.68. The molecule has 1 heterocycles. The third kappa shape index (κ3) is 2.67. The maximum atomic E-state index is 5.54. The molecule has 3 heteroatoms. The van der Waals surface area contributed by atoms with E-state index in [4.69, 9.17) is 10.2 Å². The zero-order valence-electron chi connectivity index (χ0n) is 8.52. The van der Waals surface area contributed by atoms with E-state index in [1.807, 2.05) is 18.2 Å².